The van der Waals surface area contributed by atoms with Gasteiger partial charge in [-0.05, 0) is 36.1 Å². The fourth-order valence-electron chi connectivity index (χ4n) is 3.09. The van der Waals surface area contributed by atoms with Crippen LogP contribution in [0, 0.1) is 12.3 Å². The SMILES string of the molecule is C#CCCC1(CCC(=O)N2CCc3ccc(O)cc3CC2)N=N1. The van der Waals surface area contributed by atoms with Crippen LogP contribution in [0.3, 0.4) is 0 Å². The Morgan fingerprint density at radius 3 is 2.70 bits per heavy atom. The lowest BCUT2D eigenvalue weighted by molar-refractivity contribution is -0.131. The number of phenols is 1. The predicted molar refractivity (Wildman–Crippen MR) is 87.0 cm³/mol. The minimum absolute atomic E-state index is 0.152. The maximum absolute atomic E-state index is 12.5. The first kappa shape index (κ1) is 15.5. The number of nitrogens with zero attached hydrogens (tertiary/aromatic N) is 3. The van der Waals surface area contributed by atoms with Gasteiger partial charge in [0.2, 0.25) is 5.91 Å². The van der Waals surface area contributed by atoms with Gasteiger partial charge in [0, 0.05) is 38.8 Å². The smallest absolute Gasteiger partial charge is 0.222 e. The van der Waals surface area contributed by atoms with Gasteiger partial charge in [0.05, 0.1) is 0 Å². The molecular weight excluding hydrogens is 290 g/mol. The summed E-state index contributed by atoms with van der Waals surface area (Å²) in [6.07, 6.45) is 9.38. The first-order valence-corrected chi connectivity index (χ1v) is 8.08. The van der Waals surface area contributed by atoms with Gasteiger partial charge in [-0.1, -0.05) is 6.07 Å². The molecule has 0 saturated heterocycles. The van der Waals surface area contributed by atoms with Crippen molar-refractivity contribution in [2.24, 2.45) is 10.2 Å². The average molecular weight is 311 g/mol. The summed E-state index contributed by atoms with van der Waals surface area (Å²) in [6, 6.07) is 5.47. The van der Waals surface area contributed by atoms with Crippen molar-refractivity contribution in [2.45, 2.75) is 44.2 Å². The molecule has 1 aromatic rings. The predicted octanol–water partition coefficient (Wildman–Crippen LogP) is 2.68. The van der Waals surface area contributed by atoms with Crippen LogP contribution in [0.1, 0.15) is 36.8 Å². The molecular formula is C18H21N3O2. The number of fused-ring (bicyclic) bond motifs is 1. The normalized spacial score (nSPS) is 18.0. The second kappa shape index (κ2) is 6.41. The fraction of sp³-hybridized carbons (Fsp3) is 0.500. The lowest BCUT2D eigenvalue weighted by Gasteiger charge is -2.21. The molecule has 1 N–H and O–H groups in total. The highest BCUT2D eigenvalue weighted by atomic mass is 16.3. The molecule has 0 unspecified atom stereocenters. The van der Waals surface area contributed by atoms with E-state index in [-0.39, 0.29) is 17.3 Å². The Kier molecular flexibility index (Phi) is 4.33. The lowest BCUT2D eigenvalue weighted by Crippen LogP contribution is -2.34. The maximum Gasteiger partial charge on any atom is 0.222 e. The maximum atomic E-state index is 12.5. The first-order chi connectivity index (χ1) is 11.1. The minimum atomic E-state index is -0.386. The van der Waals surface area contributed by atoms with Crippen molar-refractivity contribution in [2.75, 3.05) is 13.1 Å². The number of carbonyl (C=O) groups excluding carboxylic acids is 1. The van der Waals surface area contributed by atoms with E-state index < -0.39 is 0 Å². The van der Waals surface area contributed by atoms with Crippen LogP contribution in [0.2, 0.25) is 0 Å². The Labute approximate surface area is 136 Å². The molecule has 0 bridgehead atoms. The number of phenolic OH excluding ortho intramolecular Hbond substituents is 1. The molecule has 5 nitrogen and oxygen atoms in total. The first-order valence-electron chi connectivity index (χ1n) is 8.08. The number of hydrogen-bond acceptors (Lipinski definition) is 4. The van der Waals surface area contributed by atoms with Crippen molar-refractivity contribution in [1.29, 1.82) is 0 Å². The van der Waals surface area contributed by atoms with E-state index in [1.54, 1.807) is 12.1 Å². The lowest BCUT2D eigenvalue weighted by atomic mass is 10.0. The molecule has 2 aliphatic heterocycles. The van der Waals surface area contributed by atoms with E-state index in [0.717, 1.165) is 31.4 Å². The van der Waals surface area contributed by atoms with Gasteiger partial charge in [-0.2, -0.15) is 10.2 Å². The van der Waals surface area contributed by atoms with Crippen LogP contribution in [0.5, 0.6) is 5.75 Å². The van der Waals surface area contributed by atoms with Crippen LogP contribution in [0.25, 0.3) is 0 Å². The Morgan fingerprint density at radius 2 is 2.00 bits per heavy atom. The molecule has 0 aliphatic carbocycles. The molecule has 3 rings (SSSR count). The Bertz CT molecular complexity index is 669. The topological polar surface area (TPSA) is 65.3 Å². The quantitative estimate of drug-likeness (QED) is 0.850. The molecule has 0 aromatic heterocycles. The van der Waals surface area contributed by atoms with Gasteiger partial charge in [-0.25, -0.2) is 0 Å². The second-order valence-electron chi connectivity index (χ2n) is 6.22. The van der Waals surface area contributed by atoms with E-state index in [9.17, 15) is 9.90 Å². The van der Waals surface area contributed by atoms with Crippen molar-refractivity contribution >= 4 is 5.91 Å². The third-order valence-electron chi connectivity index (χ3n) is 4.64. The van der Waals surface area contributed by atoms with E-state index >= 15 is 0 Å². The van der Waals surface area contributed by atoms with E-state index in [2.05, 4.69) is 16.1 Å². The zero-order chi connectivity index (χ0) is 16.3. The van der Waals surface area contributed by atoms with E-state index in [4.69, 9.17) is 6.42 Å². The van der Waals surface area contributed by atoms with Gasteiger partial charge in [-0.15, -0.1) is 12.3 Å². The molecule has 2 aliphatic rings. The van der Waals surface area contributed by atoms with Crippen molar-refractivity contribution in [3.05, 3.63) is 29.3 Å². The summed E-state index contributed by atoms with van der Waals surface area (Å²) in [5, 5.41) is 17.8. The third kappa shape index (κ3) is 3.70. The van der Waals surface area contributed by atoms with Crippen LogP contribution in [-0.4, -0.2) is 34.7 Å². The average Bonchev–Trinajstić information content (AvgIpc) is 3.34. The number of carbonyl (C=O) groups is 1. The van der Waals surface area contributed by atoms with Crippen molar-refractivity contribution in [3.63, 3.8) is 0 Å². The number of rotatable bonds is 5. The van der Waals surface area contributed by atoms with Crippen molar-refractivity contribution in [3.8, 4) is 18.1 Å². The molecule has 0 spiro atoms. The standard InChI is InChI=1S/C18H21N3O2/c1-2-3-9-18(19-20-18)10-6-17(23)21-11-7-14-4-5-16(22)13-15(14)8-12-21/h1,4-5,13,22H,3,6-12H2. The Balaban J connectivity index is 1.53. The third-order valence-corrected chi connectivity index (χ3v) is 4.64. The summed E-state index contributed by atoms with van der Waals surface area (Å²) >= 11 is 0. The van der Waals surface area contributed by atoms with E-state index in [0.29, 0.717) is 25.8 Å². The van der Waals surface area contributed by atoms with Gasteiger partial charge >= 0.3 is 0 Å². The summed E-state index contributed by atoms with van der Waals surface area (Å²) in [5.41, 5.74) is 1.97. The summed E-state index contributed by atoms with van der Waals surface area (Å²) in [6.45, 7) is 1.42. The van der Waals surface area contributed by atoms with Gasteiger partial charge in [0.25, 0.3) is 0 Å². The zero-order valence-electron chi connectivity index (χ0n) is 13.2. The molecule has 23 heavy (non-hydrogen) atoms. The molecule has 0 saturated carbocycles. The van der Waals surface area contributed by atoms with Crippen LogP contribution in [0.4, 0.5) is 0 Å². The number of benzene rings is 1. The molecule has 1 aromatic carbocycles. The van der Waals surface area contributed by atoms with Crippen molar-refractivity contribution in [1.82, 2.24) is 4.90 Å². The van der Waals surface area contributed by atoms with Crippen LogP contribution in [-0.2, 0) is 17.6 Å². The van der Waals surface area contributed by atoms with Gasteiger partial charge in [0.1, 0.15) is 5.75 Å². The summed E-state index contributed by atoms with van der Waals surface area (Å²) in [7, 11) is 0. The molecule has 0 atom stereocenters. The molecule has 5 heteroatoms. The monoisotopic (exact) mass is 311 g/mol. The highest BCUT2D eigenvalue weighted by Crippen LogP contribution is 2.37. The van der Waals surface area contributed by atoms with Crippen molar-refractivity contribution < 1.29 is 9.90 Å². The fourth-order valence-corrected chi connectivity index (χ4v) is 3.09. The van der Waals surface area contributed by atoms with Gasteiger partial charge in [0.15, 0.2) is 5.66 Å². The Hall–Kier alpha value is -2.35. The van der Waals surface area contributed by atoms with Crippen LogP contribution >= 0.6 is 0 Å². The van der Waals surface area contributed by atoms with E-state index in [1.807, 2.05) is 11.0 Å². The molecule has 2 heterocycles. The summed E-state index contributed by atoms with van der Waals surface area (Å²) < 4.78 is 0. The second-order valence-corrected chi connectivity index (χ2v) is 6.22. The number of amides is 1. The Morgan fingerprint density at radius 1 is 1.26 bits per heavy atom. The number of hydrogen-bond donors (Lipinski definition) is 1. The molecule has 120 valence electrons. The summed E-state index contributed by atoms with van der Waals surface area (Å²) in [4.78, 5) is 14.4. The van der Waals surface area contributed by atoms with Gasteiger partial charge < -0.3 is 10.0 Å². The largest absolute Gasteiger partial charge is 0.508 e. The van der Waals surface area contributed by atoms with E-state index in [1.165, 1.54) is 5.56 Å². The molecule has 0 fully saturated rings. The number of aromatic hydroxyl groups is 1. The minimum Gasteiger partial charge on any atom is -0.508 e. The molecule has 1 amide bonds. The highest BCUT2D eigenvalue weighted by Gasteiger charge is 2.39. The highest BCUT2D eigenvalue weighted by molar-refractivity contribution is 5.76. The zero-order valence-corrected chi connectivity index (χ0v) is 13.2. The summed E-state index contributed by atoms with van der Waals surface area (Å²) in [5.74, 6) is 3.04. The van der Waals surface area contributed by atoms with Gasteiger partial charge in [-0.3, -0.25) is 4.79 Å². The number of terminal acetylenes is 1. The van der Waals surface area contributed by atoms with Crippen LogP contribution in [0.15, 0.2) is 28.4 Å². The van der Waals surface area contributed by atoms with Crippen LogP contribution < -0.4 is 0 Å². The molecule has 0 radical (unpaired) electrons.